The number of amides is 1. The topological polar surface area (TPSA) is 122 Å². The van der Waals surface area contributed by atoms with Gasteiger partial charge in [-0.1, -0.05) is 0 Å². The second-order valence-electron chi connectivity index (χ2n) is 5.82. The van der Waals surface area contributed by atoms with E-state index in [4.69, 9.17) is 10.5 Å². The summed E-state index contributed by atoms with van der Waals surface area (Å²) in [6, 6.07) is 0. The predicted molar refractivity (Wildman–Crippen MR) is 73.5 cm³/mol. The Morgan fingerprint density at radius 2 is 2.15 bits per heavy atom. The van der Waals surface area contributed by atoms with Crippen LogP contribution in [0.5, 0.6) is 0 Å². The SMILES string of the molecule is CC(C)(N)C(=O)N1CCOC[C@@](O)(CNS(C)(=O)=O)C1. The van der Waals surface area contributed by atoms with Gasteiger partial charge in [0, 0.05) is 13.1 Å². The number of carbonyl (C=O) groups excluding carboxylic acids is 1. The lowest BCUT2D eigenvalue weighted by atomic mass is 10.0. The van der Waals surface area contributed by atoms with E-state index in [9.17, 15) is 18.3 Å². The van der Waals surface area contributed by atoms with Gasteiger partial charge in [-0.05, 0) is 13.8 Å². The normalized spacial score (nSPS) is 25.4. The summed E-state index contributed by atoms with van der Waals surface area (Å²) in [5, 5.41) is 10.4. The highest BCUT2D eigenvalue weighted by molar-refractivity contribution is 7.88. The van der Waals surface area contributed by atoms with Crippen molar-refractivity contribution in [2.45, 2.75) is 25.0 Å². The van der Waals surface area contributed by atoms with E-state index in [-0.39, 0.29) is 32.2 Å². The van der Waals surface area contributed by atoms with Gasteiger partial charge >= 0.3 is 0 Å². The summed E-state index contributed by atoms with van der Waals surface area (Å²) in [4.78, 5) is 13.6. The fourth-order valence-corrected chi connectivity index (χ4v) is 2.40. The fraction of sp³-hybridized carbons (Fsp3) is 0.909. The van der Waals surface area contributed by atoms with Crippen molar-refractivity contribution in [3.05, 3.63) is 0 Å². The van der Waals surface area contributed by atoms with Gasteiger partial charge in [0.2, 0.25) is 15.9 Å². The Balaban J connectivity index is 2.80. The van der Waals surface area contributed by atoms with Gasteiger partial charge in [-0.2, -0.15) is 0 Å². The van der Waals surface area contributed by atoms with E-state index in [1.54, 1.807) is 13.8 Å². The number of β-amino-alcohol motifs (C(OH)–C–C–N with tert-alkyl or cyclic N) is 1. The summed E-state index contributed by atoms with van der Waals surface area (Å²) >= 11 is 0. The Bertz CT molecular complexity index is 459. The first-order chi connectivity index (χ1) is 8.93. The lowest BCUT2D eigenvalue weighted by Gasteiger charge is -2.33. The van der Waals surface area contributed by atoms with E-state index < -0.39 is 21.2 Å². The Morgan fingerprint density at radius 1 is 1.55 bits per heavy atom. The zero-order valence-corrected chi connectivity index (χ0v) is 12.9. The molecule has 0 aromatic rings. The minimum atomic E-state index is -3.43. The number of aliphatic hydroxyl groups is 1. The van der Waals surface area contributed by atoms with Gasteiger partial charge in [-0.3, -0.25) is 4.79 Å². The summed E-state index contributed by atoms with van der Waals surface area (Å²) in [5.74, 6) is -0.319. The summed E-state index contributed by atoms with van der Waals surface area (Å²) in [6.45, 7) is 3.42. The molecule has 0 unspecified atom stereocenters. The Hall–Kier alpha value is -0.740. The van der Waals surface area contributed by atoms with Crippen molar-refractivity contribution in [1.29, 1.82) is 0 Å². The molecule has 1 fully saturated rings. The summed E-state index contributed by atoms with van der Waals surface area (Å²) in [6.07, 6.45) is 1.000. The molecule has 1 saturated heterocycles. The third-order valence-electron chi connectivity index (χ3n) is 2.86. The first-order valence-electron chi connectivity index (χ1n) is 6.26. The van der Waals surface area contributed by atoms with Crippen molar-refractivity contribution in [3.8, 4) is 0 Å². The first kappa shape index (κ1) is 17.3. The summed E-state index contributed by atoms with van der Waals surface area (Å²) < 4.78 is 29.7. The zero-order valence-electron chi connectivity index (χ0n) is 12.0. The van der Waals surface area contributed by atoms with Crippen molar-refractivity contribution < 1.29 is 23.1 Å². The second-order valence-corrected chi connectivity index (χ2v) is 7.65. The molecule has 8 nitrogen and oxygen atoms in total. The van der Waals surface area contributed by atoms with E-state index >= 15 is 0 Å². The third kappa shape index (κ3) is 5.33. The molecule has 4 N–H and O–H groups in total. The molecule has 0 aromatic carbocycles. The molecule has 0 aromatic heterocycles. The average Bonchev–Trinajstić information content (AvgIpc) is 2.46. The van der Waals surface area contributed by atoms with E-state index in [1.807, 2.05) is 0 Å². The second kappa shape index (κ2) is 5.94. The Kier molecular flexibility index (Phi) is 5.14. The number of carbonyl (C=O) groups is 1. The molecule has 1 aliphatic heterocycles. The molecule has 118 valence electrons. The Morgan fingerprint density at radius 3 is 2.65 bits per heavy atom. The molecule has 0 bridgehead atoms. The zero-order chi connectivity index (χ0) is 15.6. The number of nitrogens with zero attached hydrogens (tertiary/aromatic N) is 1. The number of ether oxygens (including phenoxy) is 1. The van der Waals surface area contributed by atoms with Crippen LogP contribution in [0, 0.1) is 0 Å². The van der Waals surface area contributed by atoms with Crippen LogP contribution in [-0.2, 0) is 19.6 Å². The number of nitrogens with two attached hydrogens (primary N) is 1. The van der Waals surface area contributed by atoms with Gasteiger partial charge in [0.05, 0.1) is 31.6 Å². The van der Waals surface area contributed by atoms with Gasteiger partial charge in [0.1, 0.15) is 5.60 Å². The Labute approximate surface area is 119 Å². The van der Waals surface area contributed by atoms with E-state index in [0.29, 0.717) is 6.54 Å². The molecule has 9 heteroatoms. The van der Waals surface area contributed by atoms with Crippen LogP contribution in [0.2, 0.25) is 0 Å². The first-order valence-corrected chi connectivity index (χ1v) is 8.15. The largest absolute Gasteiger partial charge is 0.384 e. The molecule has 1 amide bonds. The van der Waals surface area contributed by atoms with Gasteiger partial charge in [-0.25, -0.2) is 13.1 Å². The van der Waals surface area contributed by atoms with Crippen molar-refractivity contribution in [2.75, 3.05) is 39.1 Å². The summed E-state index contributed by atoms with van der Waals surface area (Å²) in [5.41, 5.74) is 3.24. The van der Waals surface area contributed by atoms with Crippen LogP contribution in [0.25, 0.3) is 0 Å². The van der Waals surface area contributed by atoms with Crippen LogP contribution >= 0.6 is 0 Å². The van der Waals surface area contributed by atoms with Crippen molar-refractivity contribution in [2.24, 2.45) is 5.73 Å². The molecule has 0 radical (unpaired) electrons. The highest BCUT2D eigenvalue weighted by Crippen LogP contribution is 2.15. The molecule has 20 heavy (non-hydrogen) atoms. The van der Waals surface area contributed by atoms with Crippen molar-refractivity contribution >= 4 is 15.9 Å². The molecule has 1 rings (SSSR count). The maximum absolute atomic E-state index is 12.2. The molecule has 0 aliphatic carbocycles. The molecule has 1 heterocycles. The molecule has 1 atom stereocenters. The van der Waals surface area contributed by atoms with Gasteiger partial charge in [0.25, 0.3) is 0 Å². The molecule has 0 saturated carbocycles. The van der Waals surface area contributed by atoms with Gasteiger partial charge in [-0.15, -0.1) is 0 Å². The van der Waals surface area contributed by atoms with Crippen LogP contribution in [0.3, 0.4) is 0 Å². The highest BCUT2D eigenvalue weighted by Gasteiger charge is 2.38. The van der Waals surface area contributed by atoms with E-state index in [0.717, 1.165) is 6.26 Å². The van der Waals surface area contributed by atoms with Crippen molar-refractivity contribution in [3.63, 3.8) is 0 Å². The minimum Gasteiger partial charge on any atom is -0.384 e. The van der Waals surface area contributed by atoms with Crippen LogP contribution in [0.1, 0.15) is 13.8 Å². The van der Waals surface area contributed by atoms with Crippen LogP contribution in [-0.4, -0.2) is 74.6 Å². The van der Waals surface area contributed by atoms with E-state index in [1.165, 1.54) is 4.90 Å². The molecular weight excluding hydrogens is 286 g/mol. The fourth-order valence-electron chi connectivity index (χ4n) is 1.87. The number of sulfonamides is 1. The van der Waals surface area contributed by atoms with E-state index in [2.05, 4.69) is 4.72 Å². The lowest BCUT2D eigenvalue weighted by molar-refractivity contribution is -0.138. The van der Waals surface area contributed by atoms with Crippen LogP contribution in [0.15, 0.2) is 0 Å². The predicted octanol–water partition coefficient (Wildman–Crippen LogP) is -2.14. The molecular formula is C11H23N3O5S. The van der Waals surface area contributed by atoms with Gasteiger partial charge in [0.15, 0.2) is 0 Å². The number of hydrogen-bond acceptors (Lipinski definition) is 6. The third-order valence-corrected chi connectivity index (χ3v) is 3.53. The standard InChI is InChI=1S/C11H23N3O5S/c1-10(2,12)9(15)14-4-5-19-8-11(16,7-14)6-13-20(3,17)18/h13,16H,4-8,12H2,1-3H3/t11-/m1/s1. The van der Waals surface area contributed by atoms with Crippen molar-refractivity contribution in [1.82, 2.24) is 9.62 Å². The minimum absolute atomic E-state index is 0.0328. The van der Waals surface area contributed by atoms with Crippen LogP contribution in [0.4, 0.5) is 0 Å². The number of rotatable bonds is 4. The maximum atomic E-state index is 12.2. The average molecular weight is 309 g/mol. The lowest BCUT2D eigenvalue weighted by Crippen LogP contribution is -2.58. The smallest absolute Gasteiger partial charge is 0.242 e. The maximum Gasteiger partial charge on any atom is 0.242 e. The molecule has 1 aliphatic rings. The highest BCUT2D eigenvalue weighted by atomic mass is 32.2. The summed E-state index contributed by atoms with van der Waals surface area (Å²) in [7, 11) is -3.43. The number of hydrogen-bond donors (Lipinski definition) is 3. The molecule has 0 spiro atoms. The monoisotopic (exact) mass is 309 g/mol. The van der Waals surface area contributed by atoms with Gasteiger partial charge < -0.3 is 20.5 Å². The quantitative estimate of drug-likeness (QED) is 0.545. The number of nitrogens with one attached hydrogen (secondary N) is 1. The van der Waals surface area contributed by atoms with Crippen LogP contribution < -0.4 is 10.5 Å².